The third kappa shape index (κ3) is 4.80. The highest BCUT2D eigenvalue weighted by Crippen LogP contribution is 2.24. The van der Waals surface area contributed by atoms with Crippen LogP contribution in [0.3, 0.4) is 0 Å². The van der Waals surface area contributed by atoms with Crippen LogP contribution >= 0.6 is 0 Å². The second-order valence-corrected chi connectivity index (χ2v) is 8.40. The van der Waals surface area contributed by atoms with Gasteiger partial charge in [-0.25, -0.2) is 0 Å². The number of anilines is 1. The molecule has 34 heavy (non-hydrogen) atoms. The predicted molar refractivity (Wildman–Crippen MR) is 131 cm³/mol. The molecular weight excluding hydrogens is 434 g/mol. The summed E-state index contributed by atoms with van der Waals surface area (Å²) in [5.74, 6) is -0.530. The number of nitrogens with zero attached hydrogens (tertiary/aromatic N) is 2. The maximum Gasteiger partial charge on any atom is 0.221 e. The summed E-state index contributed by atoms with van der Waals surface area (Å²) in [4.78, 5) is 36.8. The first-order valence-corrected chi connectivity index (χ1v) is 11.3. The number of unbranched alkanes of at least 4 members (excludes halogenated alkanes) is 2. The number of benzene rings is 2. The Kier molecular flexibility index (Phi) is 6.67. The van der Waals surface area contributed by atoms with Crippen molar-refractivity contribution >= 4 is 39.2 Å². The van der Waals surface area contributed by atoms with Crippen LogP contribution in [0, 0.1) is 0 Å². The van der Waals surface area contributed by atoms with Crippen LogP contribution in [0.5, 0.6) is 11.8 Å². The molecule has 0 fully saturated rings. The fourth-order valence-corrected chi connectivity index (χ4v) is 4.28. The van der Waals surface area contributed by atoms with Crippen LogP contribution in [0.25, 0.3) is 21.8 Å². The van der Waals surface area contributed by atoms with E-state index in [1.165, 1.54) is 23.6 Å². The number of carbonyl (C=O) groups is 2. The molecule has 8 nitrogen and oxygen atoms in total. The molecule has 0 saturated heterocycles. The van der Waals surface area contributed by atoms with Crippen molar-refractivity contribution in [2.75, 3.05) is 5.32 Å². The lowest BCUT2D eigenvalue weighted by molar-refractivity contribution is -0.120. The average molecular weight is 462 g/mol. The van der Waals surface area contributed by atoms with E-state index >= 15 is 0 Å². The topological polar surface area (TPSA) is 114 Å². The molecule has 1 amide bonds. The first-order valence-electron chi connectivity index (χ1n) is 11.3. The molecule has 2 heterocycles. The number of Topliss-reactive ketones (excluding diaryl/α,β-unsaturated/α-hetero) is 1. The molecule has 2 aromatic carbocycles. The molecule has 3 N–H and O–H groups in total. The molecule has 4 aromatic rings. The van der Waals surface area contributed by atoms with E-state index in [0.29, 0.717) is 35.8 Å². The zero-order valence-corrected chi connectivity index (χ0v) is 19.0. The highest BCUT2D eigenvalue weighted by Gasteiger charge is 2.13. The van der Waals surface area contributed by atoms with Crippen molar-refractivity contribution in [1.29, 1.82) is 0 Å². The maximum atomic E-state index is 13.1. The van der Waals surface area contributed by atoms with Gasteiger partial charge in [-0.15, -0.1) is 0 Å². The van der Waals surface area contributed by atoms with E-state index in [4.69, 9.17) is 0 Å². The number of rotatable bonds is 9. The second-order valence-electron chi connectivity index (χ2n) is 8.40. The largest absolute Gasteiger partial charge is 0.494 e. The summed E-state index contributed by atoms with van der Waals surface area (Å²) in [6.45, 7) is 2.04. The minimum absolute atomic E-state index is 0.0592. The Labute approximate surface area is 196 Å². The summed E-state index contributed by atoms with van der Waals surface area (Å²) < 4.78 is 3.29. The number of amides is 1. The molecule has 0 bridgehead atoms. The quantitative estimate of drug-likeness (QED) is 0.256. The number of nitrogens with one attached hydrogen (secondary N) is 1. The Bertz CT molecular complexity index is 1410. The summed E-state index contributed by atoms with van der Waals surface area (Å²) in [6, 6.07) is 15.5. The van der Waals surface area contributed by atoms with Gasteiger partial charge < -0.3 is 20.1 Å². The van der Waals surface area contributed by atoms with Gasteiger partial charge in [0, 0.05) is 48.5 Å². The van der Waals surface area contributed by atoms with E-state index in [1.54, 1.807) is 12.1 Å². The van der Waals surface area contributed by atoms with Gasteiger partial charge in [-0.2, -0.15) is 0 Å². The number of ketones is 1. The van der Waals surface area contributed by atoms with Crippen LogP contribution in [-0.2, 0) is 22.7 Å². The van der Waals surface area contributed by atoms with Crippen molar-refractivity contribution in [3.05, 3.63) is 64.8 Å². The number of carbonyl (C=O) groups excluding carboxylic acids is 2. The lowest BCUT2D eigenvalue weighted by Gasteiger charge is -2.16. The van der Waals surface area contributed by atoms with E-state index in [1.807, 2.05) is 30.3 Å². The number of aromatic nitrogens is 2. The lowest BCUT2D eigenvalue weighted by atomic mass is 10.1. The molecule has 0 aliphatic rings. The van der Waals surface area contributed by atoms with Crippen LogP contribution in [-0.4, -0.2) is 31.0 Å². The molecule has 0 aliphatic carbocycles. The van der Waals surface area contributed by atoms with Gasteiger partial charge >= 0.3 is 0 Å². The van der Waals surface area contributed by atoms with Crippen LogP contribution in [0.2, 0.25) is 0 Å². The standard InChI is InChI=1S/C26H27N3O5/c1-17(30)27-18-10-11-23-21(15-18)26(34)20-8-4-5-9-22(20)28(23)14-6-2-3-7-19(31)16-29-24(32)12-13-25(29)33/h4-5,8-13,15,32-33H,2-3,6-7,14,16H2,1H3,(H,27,30). The summed E-state index contributed by atoms with van der Waals surface area (Å²) in [7, 11) is 0. The third-order valence-electron chi connectivity index (χ3n) is 5.90. The number of fused-ring (bicyclic) bond motifs is 2. The summed E-state index contributed by atoms with van der Waals surface area (Å²) in [5, 5.41) is 23.2. The lowest BCUT2D eigenvalue weighted by Crippen LogP contribution is -2.13. The van der Waals surface area contributed by atoms with Gasteiger partial charge in [0.1, 0.15) is 0 Å². The van der Waals surface area contributed by atoms with Crippen LogP contribution in [0.4, 0.5) is 5.69 Å². The van der Waals surface area contributed by atoms with Crippen molar-refractivity contribution in [2.45, 2.75) is 45.7 Å². The summed E-state index contributed by atoms with van der Waals surface area (Å²) in [5.41, 5.74) is 2.16. The average Bonchev–Trinajstić information content (AvgIpc) is 3.12. The molecule has 176 valence electrons. The molecule has 0 saturated carbocycles. The molecule has 8 heteroatoms. The predicted octanol–water partition coefficient (Wildman–Crippen LogP) is 4.16. The van der Waals surface area contributed by atoms with E-state index in [-0.39, 0.29) is 35.4 Å². The molecule has 2 aromatic heterocycles. The Hall–Kier alpha value is -4.07. The first kappa shape index (κ1) is 23.1. The third-order valence-corrected chi connectivity index (χ3v) is 5.90. The highest BCUT2D eigenvalue weighted by atomic mass is 16.3. The summed E-state index contributed by atoms with van der Waals surface area (Å²) in [6.07, 6.45) is 2.65. The number of pyridine rings is 1. The van der Waals surface area contributed by atoms with E-state index in [2.05, 4.69) is 9.88 Å². The Balaban J connectivity index is 1.47. The smallest absolute Gasteiger partial charge is 0.221 e. The van der Waals surface area contributed by atoms with E-state index < -0.39 is 0 Å². The highest BCUT2D eigenvalue weighted by molar-refractivity contribution is 5.97. The van der Waals surface area contributed by atoms with Crippen molar-refractivity contribution in [2.24, 2.45) is 0 Å². The zero-order valence-electron chi connectivity index (χ0n) is 19.0. The fourth-order valence-electron chi connectivity index (χ4n) is 4.28. The normalized spacial score (nSPS) is 11.2. The van der Waals surface area contributed by atoms with E-state index in [0.717, 1.165) is 23.9 Å². The van der Waals surface area contributed by atoms with Gasteiger partial charge in [-0.1, -0.05) is 18.6 Å². The van der Waals surface area contributed by atoms with Crippen molar-refractivity contribution in [3.63, 3.8) is 0 Å². The van der Waals surface area contributed by atoms with E-state index in [9.17, 15) is 24.6 Å². The maximum absolute atomic E-state index is 13.1. The van der Waals surface area contributed by atoms with Gasteiger partial charge in [0.15, 0.2) is 23.0 Å². The molecule has 0 spiro atoms. The molecule has 0 radical (unpaired) electrons. The summed E-state index contributed by atoms with van der Waals surface area (Å²) >= 11 is 0. The Morgan fingerprint density at radius 3 is 2.29 bits per heavy atom. The molecular formula is C26H27N3O5. The van der Waals surface area contributed by atoms with Gasteiger partial charge in [-0.05, 0) is 43.2 Å². The number of hydrogen-bond acceptors (Lipinski definition) is 5. The van der Waals surface area contributed by atoms with Crippen LogP contribution < -0.4 is 10.7 Å². The second kappa shape index (κ2) is 9.82. The zero-order chi connectivity index (χ0) is 24.2. The van der Waals surface area contributed by atoms with Gasteiger partial charge in [0.05, 0.1) is 17.6 Å². The molecule has 0 atom stereocenters. The van der Waals surface area contributed by atoms with Gasteiger partial charge in [0.25, 0.3) is 0 Å². The van der Waals surface area contributed by atoms with Crippen molar-refractivity contribution in [3.8, 4) is 11.8 Å². The monoisotopic (exact) mass is 461 g/mol. The van der Waals surface area contributed by atoms with Crippen LogP contribution in [0.1, 0.15) is 32.6 Å². The number of aryl methyl sites for hydroxylation is 1. The Morgan fingerprint density at radius 2 is 1.56 bits per heavy atom. The SMILES string of the molecule is CC(=O)Nc1ccc2c(c1)c(=O)c1ccccc1n2CCCCCC(=O)Cn1c(O)ccc1O. The van der Waals surface area contributed by atoms with Crippen molar-refractivity contribution in [1.82, 2.24) is 9.13 Å². The Morgan fingerprint density at radius 1 is 0.853 bits per heavy atom. The number of para-hydroxylation sites is 1. The van der Waals surface area contributed by atoms with Gasteiger partial charge in [0.2, 0.25) is 5.91 Å². The number of aromatic hydroxyl groups is 2. The van der Waals surface area contributed by atoms with Gasteiger partial charge in [-0.3, -0.25) is 19.0 Å². The van der Waals surface area contributed by atoms with Crippen LogP contribution in [0.15, 0.2) is 59.4 Å². The van der Waals surface area contributed by atoms with Crippen molar-refractivity contribution < 1.29 is 19.8 Å². The first-order chi connectivity index (χ1) is 16.3. The minimum atomic E-state index is -0.197. The minimum Gasteiger partial charge on any atom is -0.494 e. The number of hydrogen-bond donors (Lipinski definition) is 3. The fraction of sp³-hybridized carbons (Fsp3) is 0.269. The molecule has 0 unspecified atom stereocenters. The molecule has 0 aliphatic heterocycles. The molecule has 4 rings (SSSR count).